The summed E-state index contributed by atoms with van der Waals surface area (Å²) < 4.78 is 3.74. The lowest BCUT2D eigenvalue weighted by molar-refractivity contribution is 0.476. The zero-order valence-corrected chi connectivity index (χ0v) is 15.1. The van der Waals surface area contributed by atoms with Gasteiger partial charge in [0.25, 0.3) is 0 Å². The van der Waals surface area contributed by atoms with Crippen LogP contribution in [0.15, 0.2) is 42.9 Å². The van der Waals surface area contributed by atoms with Crippen molar-refractivity contribution in [3.8, 4) is 28.1 Å². The third-order valence-corrected chi connectivity index (χ3v) is 5.32. The van der Waals surface area contributed by atoms with Crippen molar-refractivity contribution in [1.82, 2.24) is 29.8 Å². The van der Waals surface area contributed by atoms with E-state index in [1.54, 1.807) is 16.9 Å². The molecule has 1 aliphatic carbocycles. The Morgan fingerprint density at radius 3 is 2.59 bits per heavy atom. The van der Waals surface area contributed by atoms with Gasteiger partial charge in [-0.1, -0.05) is 18.9 Å². The van der Waals surface area contributed by atoms with Crippen LogP contribution in [0, 0.1) is 0 Å². The maximum Gasteiger partial charge on any atom is 0.180 e. The standard InChI is InChI=1S/C20H20N6O/c1-25-12-15(11-21-25)13-6-7-17(19(27)9-13)18-8-14-10-22-26(20(14)24-23-18)16-4-2-3-5-16/h6-12,16,27H,2-5H2,1H3. The largest absolute Gasteiger partial charge is 0.507 e. The Morgan fingerprint density at radius 2 is 1.85 bits per heavy atom. The molecule has 0 atom stereocenters. The van der Waals surface area contributed by atoms with Crippen LogP contribution in [0.2, 0.25) is 0 Å². The van der Waals surface area contributed by atoms with Crippen LogP contribution in [-0.2, 0) is 7.05 Å². The molecule has 4 aromatic rings. The van der Waals surface area contributed by atoms with Crippen molar-refractivity contribution in [3.05, 3.63) is 42.9 Å². The second-order valence-corrected chi connectivity index (χ2v) is 7.17. The highest BCUT2D eigenvalue weighted by atomic mass is 16.3. The number of phenolic OH excluding ortho intramolecular Hbond substituents is 1. The molecular formula is C20H20N6O. The molecule has 0 spiro atoms. The first-order valence-corrected chi connectivity index (χ1v) is 9.22. The van der Waals surface area contributed by atoms with Crippen molar-refractivity contribution in [2.75, 3.05) is 0 Å². The van der Waals surface area contributed by atoms with E-state index in [0.717, 1.165) is 35.0 Å². The monoisotopic (exact) mass is 360 g/mol. The summed E-state index contributed by atoms with van der Waals surface area (Å²) in [7, 11) is 1.87. The Labute approximate surface area is 156 Å². The second-order valence-electron chi connectivity index (χ2n) is 7.17. The van der Waals surface area contributed by atoms with Gasteiger partial charge in [-0.25, -0.2) is 4.68 Å². The topological polar surface area (TPSA) is 81.7 Å². The highest BCUT2D eigenvalue weighted by molar-refractivity contribution is 5.81. The third-order valence-electron chi connectivity index (χ3n) is 5.32. The highest BCUT2D eigenvalue weighted by Crippen LogP contribution is 2.34. The van der Waals surface area contributed by atoms with Crippen molar-refractivity contribution < 1.29 is 5.11 Å². The maximum absolute atomic E-state index is 10.5. The predicted molar refractivity (Wildman–Crippen MR) is 102 cm³/mol. The molecule has 0 unspecified atom stereocenters. The summed E-state index contributed by atoms with van der Waals surface area (Å²) in [6, 6.07) is 7.93. The number of benzene rings is 1. The zero-order chi connectivity index (χ0) is 18.4. The zero-order valence-electron chi connectivity index (χ0n) is 15.1. The summed E-state index contributed by atoms with van der Waals surface area (Å²) in [5.41, 5.74) is 3.98. The summed E-state index contributed by atoms with van der Waals surface area (Å²) in [6.07, 6.45) is 10.3. The smallest absolute Gasteiger partial charge is 0.180 e. The molecular weight excluding hydrogens is 340 g/mol. The molecule has 3 heterocycles. The first kappa shape index (κ1) is 16.0. The van der Waals surface area contributed by atoms with E-state index >= 15 is 0 Å². The van der Waals surface area contributed by atoms with Crippen molar-refractivity contribution in [1.29, 1.82) is 0 Å². The number of hydrogen-bond acceptors (Lipinski definition) is 5. The van der Waals surface area contributed by atoms with E-state index in [4.69, 9.17) is 0 Å². The number of nitrogens with zero attached hydrogens (tertiary/aromatic N) is 6. The molecule has 136 valence electrons. The van der Waals surface area contributed by atoms with Gasteiger partial charge in [0.05, 0.1) is 24.1 Å². The van der Waals surface area contributed by atoms with Crippen molar-refractivity contribution in [2.45, 2.75) is 31.7 Å². The molecule has 1 aliphatic rings. The minimum absolute atomic E-state index is 0.174. The van der Waals surface area contributed by atoms with Crippen LogP contribution >= 0.6 is 0 Å². The molecule has 1 saturated carbocycles. The summed E-state index contributed by atoms with van der Waals surface area (Å²) in [5, 5.41) is 29.0. The molecule has 1 fully saturated rings. The lowest BCUT2D eigenvalue weighted by Crippen LogP contribution is -2.07. The average Bonchev–Trinajstić information content (AvgIpc) is 3.41. The van der Waals surface area contributed by atoms with E-state index in [9.17, 15) is 5.11 Å². The number of aryl methyl sites for hydroxylation is 1. The first-order chi connectivity index (χ1) is 13.2. The average molecular weight is 360 g/mol. The molecule has 5 rings (SSSR count). The van der Waals surface area contributed by atoms with Crippen LogP contribution in [0.4, 0.5) is 0 Å². The Hall–Kier alpha value is -3.22. The fraction of sp³-hybridized carbons (Fsp3) is 0.300. The van der Waals surface area contributed by atoms with Crippen LogP contribution < -0.4 is 0 Å². The van der Waals surface area contributed by atoms with Crippen LogP contribution in [0.5, 0.6) is 5.75 Å². The Balaban J connectivity index is 1.51. The molecule has 0 bridgehead atoms. The summed E-state index contributed by atoms with van der Waals surface area (Å²) in [5.74, 6) is 0.174. The Kier molecular flexibility index (Phi) is 3.67. The van der Waals surface area contributed by atoms with Gasteiger partial charge in [-0.2, -0.15) is 10.2 Å². The van der Waals surface area contributed by atoms with Crippen molar-refractivity contribution in [3.63, 3.8) is 0 Å². The summed E-state index contributed by atoms with van der Waals surface area (Å²) in [6.45, 7) is 0. The van der Waals surface area contributed by atoms with E-state index in [2.05, 4.69) is 20.4 Å². The molecule has 0 radical (unpaired) electrons. The molecule has 1 N–H and O–H groups in total. The van der Waals surface area contributed by atoms with E-state index in [1.165, 1.54) is 12.8 Å². The Morgan fingerprint density at radius 1 is 1.00 bits per heavy atom. The normalized spacial score (nSPS) is 15.0. The SMILES string of the molecule is Cn1cc(-c2ccc(-c3cc4cnn(C5CCCC5)c4nn3)c(O)c2)cn1. The number of aromatic hydroxyl groups is 1. The van der Waals surface area contributed by atoms with Gasteiger partial charge in [-0.15, -0.1) is 10.2 Å². The molecule has 0 saturated heterocycles. The van der Waals surface area contributed by atoms with Gasteiger partial charge in [0.1, 0.15) is 5.75 Å². The highest BCUT2D eigenvalue weighted by Gasteiger charge is 2.21. The molecule has 7 nitrogen and oxygen atoms in total. The van der Waals surface area contributed by atoms with Crippen molar-refractivity contribution in [2.24, 2.45) is 7.05 Å². The van der Waals surface area contributed by atoms with Gasteiger partial charge in [0, 0.05) is 29.8 Å². The van der Waals surface area contributed by atoms with Crippen LogP contribution in [0.25, 0.3) is 33.4 Å². The number of phenols is 1. The van der Waals surface area contributed by atoms with Crippen LogP contribution in [0.3, 0.4) is 0 Å². The predicted octanol–water partition coefficient (Wildman–Crippen LogP) is 3.71. The van der Waals surface area contributed by atoms with Gasteiger partial charge < -0.3 is 5.11 Å². The van der Waals surface area contributed by atoms with E-state index < -0.39 is 0 Å². The minimum atomic E-state index is 0.174. The van der Waals surface area contributed by atoms with Crippen molar-refractivity contribution >= 4 is 11.0 Å². The van der Waals surface area contributed by atoms with Gasteiger partial charge in [-0.05, 0) is 36.6 Å². The number of aromatic nitrogens is 6. The van der Waals surface area contributed by atoms with Gasteiger partial charge in [-0.3, -0.25) is 4.68 Å². The molecule has 7 heteroatoms. The quantitative estimate of drug-likeness (QED) is 0.602. The Bertz CT molecular complexity index is 1120. The van der Waals surface area contributed by atoms with Crippen LogP contribution in [-0.4, -0.2) is 34.9 Å². The van der Waals surface area contributed by atoms with E-state index in [-0.39, 0.29) is 5.75 Å². The van der Waals surface area contributed by atoms with Crippen LogP contribution in [0.1, 0.15) is 31.7 Å². The fourth-order valence-corrected chi connectivity index (χ4v) is 3.90. The van der Waals surface area contributed by atoms with E-state index in [0.29, 0.717) is 17.3 Å². The van der Waals surface area contributed by atoms with Gasteiger partial charge in [0.15, 0.2) is 5.65 Å². The first-order valence-electron chi connectivity index (χ1n) is 9.22. The van der Waals surface area contributed by atoms with Gasteiger partial charge >= 0.3 is 0 Å². The molecule has 27 heavy (non-hydrogen) atoms. The molecule has 0 amide bonds. The fourth-order valence-electron chi connectivity index (χ4n) is 3.90. The van der Waals surface area contributed by atoms with E-state index in [1.807, 2.05) is 42.3 Å². The summed E-state index contributed by atoms with van der Waals surface area (Å²) >= 11 is 0. The lowest BCUT2D eigenvalue weighted by Gasteiger charge is -2.10. The summed E-state index contributed by atoms with van der Waals surface area (Å²) in [4.78, 5) is 0. The third kappa shape index (κ3) is 2.75. The molecule has 3 aromatic heterocycles. The van der Waals surface area contributed by atoms with Gasteiger partial charge in [0.2, 0.25) is 0 Å². The molecule has 0 aliphatic heterocycles. The number of fused-ring (bicyclic) bond motifs is 1. The second kappa shape index (κ2) is 6.19. The molecule has 1 aromatic carbocycles. The lowest BCUT2D eigenvalue weighted by atomic mass is 10.0. The maximum atomic E-state index is 10.5. The number of hydrogen-bond donors (Lipinski definition) is 1. The minimum Gasteiger partial charge on any atom is -0.507 e. The number of rotatable bonds is 3.